The molecule has 2 aromatic heterocycles. The maximum Gasteiger partial charge on any atom is 0.416 e. The Morgan fingerprint density at radius 3 is 2.60 bits per heavy atom. The zero-order chi connectivity index (χ0) is 31.9. The summed E-state index contributed by atoms with van der Waals surface area (Å²) in [5, 5.41) is 14.2. The number of carbonyl (C=O) groups is 1. The number of ether oxygens (including phenoxy) is 2. The second-order valence-corrected chi connectivity index (χ2v) is 11.5. The number of hydrogen-bond donors (Lipinski definition) is 3. The molecule has 7 nitrogen and oxygen atoms in total. The Bertz CT molecular complexity index is 1870. The first-order chi connectivity index (χ1) is 21.6. The number of amides is 1. The van der Waals surface area contributed by atoms with Crippen LogP contribution >= 0.6 is 0 Å². The summed E-state index contributed by atoms with van der Waals surface area (Å²) < 4.78 is 54.9. The normalized spacial score (nSPS) is 13.4. The average molecular weight is 618 g/mol. The smallest absolute Gasteiger partial charge is 0.416 e. The molecule has 0 radical (unpaired) electrons. The van der Waals surface area contributed by atoms with Crippen LogP contribution in [0, 0.1) is 0 Å². The van der Waals surface area contributed by atoms with Gasteiger partial charge in [0, 0.05) is 34.9 Å². The largest absolute Gasteiger partial charge is 0.493 e. The zero-order valence-corrected chi connectivity index (χ0v) is 25.2. The van der Waals surface area contributed by atoms with E-state index in [1.807, 2.05) is 61.0 Å². The predicted molar refractivity (Wildman–Crippen MR) is 167 cm³/mol. The van der Waals surface area contributed by atoms with Crippen LogP contribution in [0.3, 0.4) is 0 Å². The van der Waals surface area contributed by atoms with Crippen molar-refractivity contribution in [2.24, 2.45) is 0 Å². The summed E-state index contributed by atoms with van der Waals surface area (Å²) in [5.74, 6) is 0.630. The molecule has 0 saturated heterocycles. The fourth-order valence-electron chi connectivity index (χ4n) is 6.11. The van der Waals surface area contributed by atoms with Gasteiger partial charge in [0.15, 0.2) is 11.5 Å². The van der Waals surface area contributed by atoms with Crippen LogP contribution in [0.25, 0.3) is 33.4 Å². The third kappa shape index (κ3) is 5.90. The van der Waals surface area contributed by atoms with E-state index in [0.29, 0.717) is 42.3 Å². The van der Waals surface area contributed by atoms with Crippen LogP contribution in [0.2, 0.25) is 0 Å². The number of aliphatic hydroxyl groups excluding tert-OH is 1. The van der Waals surface area contributed by atoms with Crippen molar-refractivity contribution in [1.29, 1.82) is 0 Å². The average Bonchev–Trinajstić information content (AvgIpc) is 3.62. The summed E-state index contributed by atoms with van der Waals surface area (Å²) in [6.07, 6.45) is -1.89. The highest BCUT2D eigenvalue weighted by molar-refractivity contribution is 6.02. The first-order valence-electron chi connectivity index (χ1n) is 14.8. The van der Waals surface area contributed by atoms with Crippen LogP contribution in [-0.2, 0) is 25.6 Å². The topological polar surface area (TPSA) is 88.5 Å². The molecule has 3 heterocycles. The van der Waals surface area contributed by atoms with E-state index in [1.54, 1.807) is 19.2 Å². The number of halogens is 3. The van der Waals surface area contributed by atoms with Crippen molar-refractivity contribution in [3.8, 4) is 34.0 Å². The number of H-pyrrole nitrogens is 1. The molecule has 234 valence electrons. The highest BCUT2D eigenvalue weighted by Crippen LogP contribution is 2.43. The predicted octanol–water partition coefficient (Wildman–Crippen LogP) is 7.01. The van der Waals surface area contributed by atoms with Gasteiger partial charge in [-0.05, 0) is 79.8 Å². The molecule has 45 heavy (non-hydrogen) atoms. The van der Waals surface area contributed by atoms with Crippen LogP contribution in [0.15, 0.2) is 72.9 Å². The molecule has 3 N–H and O–H groups in total. The molecule has 3 aromatic carbocycles. The number of methoxy groups -OCH3 is 1. The fraction of sp³-hybridized carbons (Fsp3) is 0.286. The molecule has 0 bridgehead atoms. The lowest BCUT2D eigenvalue weighted by Crippen LogP contribution is -2.39. The van der Waals surface area contributed by atoms with E-state index in [-0.39, 0.29) is 23.8 Å². The Hall–Kier alpha value is -4.70. The molecular formula is C35H34F3N3O4. The van der Waals surface area contributed by atoms with Gasteiger partial charge in [0.25, 0.3) is 5.91 Å². The van der Waals surface area contributed by atoms with Crippen LogP contribution in [0.4, 0.5) is 13.2 Å². The Kier molecular flexibility index (Phi) is 8.09. The number of carbonyl (C=O) groups excluding carboxylic acids is 1. The van der Waals surface area contributed by atoms with Crippen LogP contribution in [0.1, 0.15) is 40.9 Å². The summed E-state index contributed by atoms with van der Waals surface area (Å²) in [5.41, 5.74) is 4.41. The van der Waals surface area contributed by atoms with Crippen LogP contribution < -0.4 is 14.8 Å². The lowest BCUT2D eigenvalue weighted by molar-refractivity contribution is -0.137. The van der Waals surface area contributed by atoms with Gasteiger partial charge >= 0.3 is 6.18 Å². The monoisotopic (exact) mass is 617 g/mol. The standard InChI is InChI=1S/C35H34F3N3O4/c1-20(2)45-32-17-27-21(15-31(32)44-3)11-12-41-30(27)16-28(33(41)22-7-6-8-24(13-22)35(36,37)38)34(43)40-25(19-42)14-23-18-39-29-10-5-4-9-26(23)29/h4-10,13,15-18,20,25,39,42H,11-12,14,19H2,1-3H3,(H,40,43)/t25-/m1/s1. The third-order valence-corrected chi connectivity index (χ3v) is 8.13. The number of benzene rings is 3. The van der Waals surface area contributed by atoms with Crippen LogP contribution in [-0.4, -0.2) is 46.4 Å². The summed E-state index contributed by atoms with van der Waals surface area (Å²) in [6, 6.07) is 17.6. The molecule has 1 aliphatic rings. The van der Waals surface area contributed by atoms with E-state index in [2.05, 4.69) is 10.3 Å². The van der Waals surface area contributed by atoms with Gasteiger partial charge in [-0.2, -0.15) is 13.2 Å². The number of nitrogens with zero attached hydrogens (tertiary/aromatic N) is 1. The van der Waals surface area contributed by atoms with Gasteiger partial charge in [-0.3, -0.25) is 4.79 Å². The number of aromatic nitrogens is 2. The number of hydrogen-bond acceptors (Lipinski definition) is 4. The molecule has 0 spiro atoms. The maximum absolute atomic E-state index is 14.0. The summed E-state index contributed by atoms with van der Waals surface area (Å²) in [6.45, 7) is 3.93. The van der Waals surface area contributed by atoms with Gasteiger partial charge in [0.2, 0.25) is 0 Å². The number of rotatable bonds is 9. The second kappa shape index (κ2) is 12.0. The molecule has 0 aliphatic carbocycles. The van der Waals surface area contributed by atoms with Crippen molar-refractivity contribution in [3.63, 3.8) is 0 Å². The number of alkyl halides is 3. The molecular weight excluding hydrogens is 583 g/mol. The molecule has 1 atom stereocenters. The van der Waals surface area contributed by atoms with Gasteiger partial charge in [0.1, 0.15) is 0 Å². The van der Waals surface area contributed by atoms with Gasteiger partial charge in [-0.25, -0.2) is 0 Å². The quantitative estimate of drug-likeness (QED) is 0.166. The highest BCUT2D eigenvalue weighted by atomic mass is 19.4. The first-order valence-corrected chi connectivity index (χ1v) is 14.8. The second-order valence-electron chi connectivity index (χ2n) is 11.5. The van der Waals surface area contributed by atoms with Crippen molar-refractivity contribution in [2.75, 3.05) is 13.7 Å². The Morgan fingerprint density at radius 1 is 1.07 bits per heavy atom. The fourth-order valence-corrected chi connectivity index (χ4v) is 6.11. The Morgan fingerprint density at radius 2 is 1.87 bits per heavy atom. The number of fused-ring (bicyclic) bond motifs is 4. The van der Waals surface area contributed by atoms with E-state index >= 15 is 0 Å². The van der Waals surface area contributed by atoms with Crippen molar-refractivity contribution in [1.82, 2.24) is 14.9 Å². The number of aliphatic hydroxyl groups is 1. The Balaban J connectivity index is 1.44. The minimum Gasteiger partial charge on any atom is -0.493 e. The molecule has 10 heteroatoms. The van der Waals surface area contributed by atoms with Crippen molar-refractivity contribution in [3.05, 3.63) is 95.2 Å². The van der Waals surface area contributed by atoms with Gasteiger partial charge in [-0.1, -0.05) is 30.3 Å². The molecule has 1 aliphatic heterocycles. The lowest BCUT2D eigenvalue weighted by atomic mass is 9.97. The molecule has 0 fully saturated rings. The van der Waals surface area contributed by atoms with Gasteiger partial charge in [-0.15, -0.1) is 0 Å². The summed E-state index contributed by atoms with van der Waals surface area (Å²) >= 11 is 0. The van der Waals surface area contributed by atoms with E-state index < -0.39 is 23.7 Å². The van der Waals surface area contributed by atoms with Crippen molar-refractivity contribution in [2.45, 2.75) is 51.6 Å². The van der Waals surface area contributed by atoms with Gasteiger partial charge < -0.3 is 29.4 Å². The SMILES string of the molecule is COc1cc2c(cc1OC(C)C)-c1cc(C(=O)N[C@@H](CO)Cc3c[nH]c4ccccc34)c(-c3cccc(C(F)(F)F)c3)n1CC2. The maximum atomic E-state index is 14.0. The number of aromatic amines is 1. The zero-order valence-electron chi connectivity index (χ0n) is 25.2. The lowest BCUT2D eigenvalue weighted by Gasteiger charge is -2.24. The van der Waals surface area contributed by atoms with E-state index in [0.717, 1.165) is 39.7 Å². The summed E-state index contributed by atoms with van der Waals surface area (Å²) in [7, 11) is 1.57. The van der Waals surface area contributed by atoms with Crippen molar-refractivity contribution < 1.29 is 32.5 Å². The Labute approximate surface area is 258 Å². The minimum absolute atomic E-state index is 0.123. The van der Waals surface area contributed by atoms with E-state index in [4.69, 9.17) is 9.47 Å². The highest BCUT2D eigenvalue weighted by Gasteiger charge is 2.33. The molecule has 1 amide bonds. The van der Waals surface area contributed by atoms with Crippen LogP contribution in [0.5, 0.6) is 11.5 Å². The minimum atomic E-state index is -4.55. The van der Waals surface area contributed by atoms with Crippen molar-refractivity contribution >= 4 is 16.8 Å². The number of nitrogens with one attached hydrogen (secondary N) is 2. The molecule has 5 aromatic rings. The number of para-hydroxylation sites is 1. The number of aryl methyl sites for hydroxylation is 1. The van der Waals surface area contributed by atoms with Gasteiger partial charge in [0.05, 0.1) is 42.7 Å². The van der Waals surface area contributed by atoms with E-state index in [1.165, 1.54) is 6.07 Å². The molecule has 0 unspecified atom stereocenters. The first kappa shape index (κ1) is 30.3. The summed E-state index contributed by atoms with van der Waals surface area (Å²) in [4.78, 5) is 17.2. The molecule has 6 rings (SSSR count). The molecule has 0 saturated carbocycles. The third-order valence-electron chi connectivity index (χ3n) is 8.13. The van der Waals surface area contributed by atoms with E-state index in [9.17, 15) is 23.1 Å².